The summed E-state index contributed by atoms with van der Waals surface area (Å²) in [5.74, 6) is -0.229. The number of nitrogens with one attached hydrogen (secondary N) is 1. The molecule has 2 rings (SSSR count). The minimum atomic E-state index is -0.258. The molecule has 3 nitrogen and oxygen atoms in total. The summed E-state index contributed by atoms with van der Waals surface area (Å²) in [7, 11) is 0. The van der Waals surface area contributed by atoms with Gasteiger partial charge in [0.2, 0.25) is 0 Å². The SMILES string of the molecule is CCNC(c1cc(Br)ccc1F)c1c(Br)cnn1C(C)C. The van der Waals surface area contributed by atoms with Crippen LogP contribution >= 0.6 is 31.9 Å². The summed E-state index contributed by atoms with van der Waals surface area (Å²) in [5.41, 5.74) is 1.54. The van der Waals surface area contributed by atoms with Gasteiger partial charge in [0.25, 0.3) is 0 Å². The summed E-state index contributed by atoms with van der Waals surface area (Å²) in [5, 5.41) is 7.75. The predicted octanol–water partition coefficient (Wildman–Crippen LogP) is 4.83. The second kappa shape index (κ2) is 7.03. The number of benzene rings is 1. The van der Waals surface area contributed by atoms with Crippen LogP contribution in [-0.2, 0) is 0 Å². The van der Waals surface area contributed by atoms with Gasteiger partial charge in [-0.3, -0.25) is 4.68 Å². The van der Waals surface area contributed by atoms with Gasteiger partial charge in [-0.05, 0) is 54.5 Å². The van der Waals surface area contributed by atoms with Crippen LogP contribution in [0.5, 0.6) is 0 Å². The third-order valence-electron chi connectivity index (χ3n) is 3.23. The van der Waals surface area contributed by atoms with Crippen LogP contribution in [-0.4, -0.2) is 16.3 Å². The molecule has 0 aliphatic heterocycles. The van der Waals surface area contributed by atoms with E-state index in [1.165, 1.54) is 6.07 Å². The number of aromatic nitrogens is 2. The Balaban J connectivity index is 2.59. The molecule has 1 aromatic carbocycles. The Bertz CT molecular complexity index is 625. The minimum absolute atomic E-state index is 0.197. The van der Waals surface area contributed by atoms with Crippen molar-refractivity contribution in [3.05, 3.63) is 50.4 Å². The van der Waals surface area contributed by atoms with Crippen LogP contribution in [0.1, 0.15) is 44.1 Å². The quantitative estimate of drug-likeness (QED) is 0.753. The summed E-state index contributed by atoms with van der Waals surface area (Å²) < 4.78 is 17.9. The number of hydrogen-bond acceptors (Lipinski definition) is 2. The van der Waals surface area contributed by atoms with Crippen LogP contribution in [0.25, 0.3) is 0 Å². The van der Waals surface area contributed by atoms with E-state index in [0.717, 1.165) is 21.2 Å². The normalized spacial score (nSPS) is 12.9. The first-order valence-electron chi connectivity index (χ1n) is 6.87. The summed E-state index contributed by atoms with van der Waals surface area (Å²) in [6.45, 7) is 6.85. The first kappa shape index (κ1) is 16.6. The molecule has 2 aromatic rings. The molecule has 1 unspecified atom stereocenters. The minimum Gasteiger partial charge on any atom is -0.305 e. The van der Waals surface area contributed by atoms with Gasteiger partial charge in [0.15, 0.2) is 0 Å². The molecule has 0 saturated carbocycles. The van der Waals surface area contributed by atoms with Crippen molar-refractivity contribution < 1.29 is 4.39 Å². The zero-order valence-corrected chi connectivity index (χ0v) is 15.4. The molecule has 0 aliphatic carbocycles. The van der Waals surface area contributed by atoms with Crippen molar-refractivity contribution in [3.8, 4) is 0 Å². The fraction of sp³-hybridized carbons (Fsp3) is 0.400. The van der Waals surface area contributed by atoms with Gasteiger partial charge in [-0.2, -0.15) is 5.10 Å². The lowest BCUT2D eigenvalue weighted by Gasteiger charge is -2.23. The number of rotatable bonds is 5. The maximum atomic E-state index is 14.3. The van der Waals surface area contributed by atoms with Gasteiger partial charge in [0, 0.05) is 16.1 Å². The Morgan fingerprint density at radius 1 is 1.33 bits per heavy atom. The predicted molar refractivity (Wildman–Crippen MR) is 89.9 cm³/mol. The van der Waals surface area contributed by atoms with E-state index in [4.69, 9.17) is 0 Å². The second-order valence-electron chi connectivity index (χ2n) is 5.07. The van der Waals surface area contributed by atoms with E-state index < -0.39 is 0 Å². The molecule has 0 saturated heterocycles. The first-order chi connectivity index (χ1) is 9.95. The van der Waals surface area contributed by atoms with Crippen molar-refractivity contribution in [1.82, 2.24) is 15.1 Å². The van der Waals surface area contributed by atoms with Crippen LogP contribution in [0.4, 0.5) is 4.39 Å². The number of nitrogens with zero attached hydrogens (tertiary/aromatic N) is 2. The average molecular weight is 419 g/mol. The molecule has 0 spiro atoms. The van der Waals surface area contributed by atoms with E-state index in [1.54, 1.807) is 12.3 Å². The first-order valence-corrected chi connectivity index (χ1v) is 8.45. The molecule has 114 valence electrons. The van der Waals surface area contributed by atoms with Crippen molar-refractivity contribution in [2.75, 3.05) is 6.54 Å². The Morgan fingerprint density at radius 2 is 2.05 bits per heavy atom. The molecule has 1 N–H and O–H groups in total. The van der Waals surface area contributed by atoms with Crippen molar-refractivity contribution in [2.24, 2.45) is 0 Å². The maximum Gasteiger partial charge on any atom is 0.128 e. The summed E-state index contributed by atoms with van der Waals surface area (Å²) >= 11 is 6.96. The molecule has 0 aliphatic rings. The molecule has 0 fully saturated rings. The zero-order valence-electron chi connectivity index (χ0n) is 12.2. The van der Waals surface area contributed by atoms with E-state index in [-0.39, 0.29) is 17.9 Å². The van der Waals surface area contributed by atoms with Crippen LogP contribution < -0.4 is 5.32 Å². The summed E-state index contributed by atoms with van der Waals surface area (Å²) in [6.07, 6.45) is 1.76. The van der Waals surface area contributed by atoms with Crippen LogP contribution in [0.15, 0.2) is 33.3 Å². The average Bonchev–Trinajstić information content (AvgIpc) is 2.81. The smallest absolute Gasteiger partial charge is 0.128 e. The van der Waals surface area contributed by atoms with E-state index in [0.29, 0.717) is 5.56 Å². The topological polar surface area (TPSA) is 29.9 Å². The molecule has 0 amide bonds. The molecular formula is C15H18Br2FN3. The third kappa shape index (κ3) is 3.55. The third-order valence-corrected chi connectivity index (χ3v) is 4.33. The lowest BCUT2D eigenvalue weighted by atomic mass is 10.0. The Kier molecular flexibility index (Phi) is 5.57. The van der Waals surface area contributed by atoms with Gasteiger partial charge in [-0.15, -0.1) is 0 Å². The molecule has 1 heterocycles. The van der Waals surface area contributed by atoms with Crippen molar-refractivity contribution in [3.63, 3.8) is 0 Å². The molecule has 0 bridgehead atoms. The number of halogens is 3. The van der Waals surface area contributed by atoms with Gasteiger partial charge >= 0.3 is 0 Å². The molecule has 1 aromatic heterocycles. The highest BCUT2D eigenvalue weighted by Crippen LogP contribution is 2.32. The van der Waals surface area contributed by atoms with Crippen LogP contribution in [0, 0.1) is 5.82 Å². The summed E-state index contributed by atoms with van der Waals surface area (Å²) in [6, 6.07) is 4.94. The summed E-state index contributed by atoms with van der Waals surface area (Å²) in [4.78, 5) is 0. The van der Waals surface area contributed by atoms with Gasteiger partial charge in [-0.1, -0.05) is 22.9 Å². The van der Waals surface area contributed by atoms with Crippen molar-refractivity contribution in [2.45, 2.75) is 32.9 Å². The lowest BCUT2D eigenvalue weighted by molar-refractivity contribution is 0.466. The van der Waals surface area contributed by atoms with Crippen molar-refractivity contribution in [1.29, 1.82) is 0 Å². The van der Waals surface area contributed by atoms with E-state index in [9.17, 15) is 4.39 Å². The van der Waals surface area contributed by atoms with E-state index in [1.807, 2.05) is 17.7 Å². The van der Waals surface area contributed by atoms with Crippen LogP contribution in [0.3, 0.4) is 0 Å². The van der Waals surface area contributed by atoms with Gasteiger partial charge in [0.1, 0.15) is 5.82 Å². The number of hydrogen-bond donors (Lipinski definition) is 1. The standard InChI is InChI=1S/C15H18Br2FN3/c1-4-19-14(11-7-10(16)5-6-13(11)18)15-12(17)8-20-21(15)9(2)3/h5-9,14,19H,4H2,1-3H3. The zero-order chi connectivity index (χ0) is 15.6. The lowest BCUT2D eigenvalue weighted by Crippen LogP contribution is -2.26. The van der Waals surface area contributed by atoms with E-state index in [2.05, 4.69) is 56.1 Å². The molecular weight excluding hydrogens is 401 g/mol. The Hall–Kier alpha value is -0.720. The Morgan fingerprint density at radius 3 is 2.67 bits per heavy atom. The van der Waals surface area contributed by atoms with Gasteiger partial charge in [0.05, 0.1) is 22.4 Å². The van der Waals surface area contributed by atoms with Gasteiger partial charge < -0.3 is 5.32 Å². The highest BCUT2D eigenvalue weighted by atomic mass is 79.9. The maximum absolute atomic E-state index is 14.3. The fourth-order valence-corrected chi connectivity index (χ4v) is 3.21. The molecule has 1 atom stereocenters. The highest BCUT2D eigenvalue weighted by Gasteiger charge is 2.25. The van der Waals surface area contributed by atoms with Crippen molar-refractivity contribution >= 4 is 31.9 Å². The molecule has 21 heavy (non-hydrogen) atoms. The van der Waals surface area contributed by atoms with Crippen LogP contribution in [0.2, 0.25) is 0 Å². The fourth-order valence-electron chi connectivity index (χ4n) is 2.33. The largest absolute Gasteiger partial charge is 0.305 e. The van der Waals surface area contributed by atoms with Gasteiger partial charge in [-0.25, -0.2) is 4.39 Å². The molecule has 6 heteroatoms. The molecule has 0 radical (unpaired) electrons. The highest BCUT2D eigenvalue weighted by molar-refractivity contribution is 9.10. The Labute approximate surface area is 141 Å². The monoisotopic (exact) mass is 417 g/mol. The second-order valence-corrected chi connectivity index (χ2v) is 6.84. The van der Waals surface area contributed by atoms with E-state index >= 15 is 0 Å².